The van der Waals surface area contributed by atoms with Gasteiger partial charge in [-0.3, -0.25) is 4.79 Å². The maximum absolute atomic E-state index is 11.8. The Labute approximate surface area is 89.1 Å². The molecular weight excluding hydrogens is 190 g/mol. The van der Waals surface area contributed by atoms with Gasteiger partial charge in [-0.1, -0.05) is 13.8 Å². The third-order valence-corrected chi connectivity index (χ3v) is 2.69. The van der Waals surface area contributed by atoms with Crippen LogP contribution in [0, 0.1) is 5.92 Å². The molecule has 1 unspecified atom stereocenters. The first-order chi connectivity index (χ1) is 7.08. The normalized spacial score (nSPS) is 19.6. The minimum Gasteiger partial charge on any atom is -0.310 e. The second-order valence-electron chi connectivity index (χ2n) is 4.57. The minimum atomic E-state index is 0.0214. The van der Waals surface area contributed by atoms with E-state index in [0.717, 1.165) is 23.5 Å². The Kier molecular flexibility index (Phi) is 2.61. The third-order valence-electron chi connectivity index (χ3n) is 2.69. The van der Waals surface area contributed by atoms with Gasteiger partial charge < -0.3 is 10.3 Å². The molecule has 0 fully saturated rings. The molecule has 4 nitrogen and oxygen atoms in total. The molecule has 0 saturated heterocycles. The average Bonchev–Trinajstić information content (AvgIpc) is 2.46. The van der Waals surface area contributed by atoms with E-state index >= 15 is 0 Å². The molecule has 2 rings (SSSR count). The van der Waals surface area contributed by atoms with Crippen LogP contribution in [0.25, 0.3) is 0 Å². The highest BCUT2D eigenvalue weighted by Gasteiger charge is 2.23. The number of rotatable bonds is 2. The maximum atomic E-state index is 11.8. The predicted molar refractivity (Wildman–Crippen MR) is 58.7 cm³/mol. The number of fused-ring (bicyclic) bond motifs is 1. The molecule has 1 aliphatic heterocycles. The zero-order valence-electron chi connectivity index (χ0n) is 9.42. The van der Waals surface area contributed by atoms with Crippen molar-refractivity contribution in [3.8, 4) is 0 Å². The summed E-state index contributed by atoms with van der Waals surface area (Å²) < 4.78 is 0. The van der Waals surface area contributed by atoms with Crippen molar-refractivity contribution in [2.24, 2.45) is 5.92 Å². The van der Waals surface area contributed by atoms with Crippen LogP contribution in [-0.2, 0) is 13.0 Å². The maximum Gasteiger partial charge on any atom is 0.255 e. The number of nitrogens with zero attached hydrogens (tertiary/aromatic N) is 1. The Morgan fingerprint density at radius 1 is 1.53 bits per heavy atom. The highest BCUT2D eigenvalue weighted by molar-refractivity contribution is 5.25. The van der Waals surface area contributed by atoms with Gasteiger partial charge in [-0.25, -0.2) is 4.98 Å². The predicted octanol–water partition coefficient (Wildman–Crippen LogP) is 1.13. The first-order valence-electron chi connectivity index (χ1n) is 5.43. The molecule has 0 saturated carbocycles. The molecule has 1 aromatic heterocycles. The number of aromatic nitrogens is 2. The summed E-state index contributed by atoms with van der Waals surface area (Å²) in [6.07, 6.45) is 0.830. The van der Waals surface area contributed by atoms with Crippen molar-refractivity contribution in [1.82, 2.24) is 15.3 Å². The largest absolute Gasteiger partial charge is 0.310 e. The SMILES string of the molecule is CC(C)Cc1nc2c(c(=O)[nH]1)C(C)NC2. The van der Waals surface area contributed by atoms with E-state index in [4.69, 9.17) is 0 Å². The van der Waals surface area contributed by atoms with Gasteiger partial charge in [-0.05, 0) is 12.8 Å². The lowest BCUT2D eigenvalue weighted by Gasteiger charge is -2.06. The smallest absolute Gasteiger partial charge is 0.255 e. The first kappa shape index (κ1) is 10.4. The second-order valence-corrected chi connectivity index (χ2v) is 4.57. The van der Waals surface area contributed by atoms with E-state index in [9.17, 15) is 4.79 Å². The van der Waals surface area contributed by atoms with Crippen molar-refractivity contribution in [2.75, 3.05) is 0 Å². The number of nitrogens with one attached hydrogen (secondary N) is 2. The van der Waals surface area contributed by atoms with Crippen LogP contribution in [0.5, 0.6) is 0 Å². The molecule has 15 heavy (non-hydrogen) atoms. The van der Waals surface area contributed by atoms with E-state index < -0.39 is 0 Å². The standard InChI is InChI=1S/C11H17N3O/c1-6(2)4-9-13-8-5-12-7(3)10(8)11(15)14-9/h6-7,12H,4-5H2,1-3H3,(H,13,14,15). The Morgan fingerprint density at radius 2 is 2.27 bits per heavy atom. The summed E-state index contributed by atoms with van der Waals surface area (Å²) in [4.78, 5) is 19.1. The van der Waals surface area contributed by atoms with Crippen LogP contribution in [-0.4, -0.2) is 9.97 Å². The summed E-state index contributed by atoms with van der Waals surface area (Å²) in [5, 5.41) is 3.22. The highest BCUT2D eigenvalue weighted by atomic mass is 16.1. The molecule has 1 aromatic rings. The summed E-state index contributed by atoms with van der Waals surface area (Å²) >= 11 is 0. The molecule has 0 amide bonds. The fraction of sp³-hybridized carbons (Fsp3) is 0.636. The summed E-state index contributed by atoms with van der Waals surface area (Å²) in [5.74, 6) is 1.32. The second kappa shape index (κ2) is 3.77. The Hall–Kier alpha value is -1.16. The zero-order chi connectivity index (χ0) is 11.0. The number of hydrogen-bond donors (Lipinski definition) is 2. The lowest BCUT2D eigenvalue weighted by molar-refractivity contribution is 0.615. The van der Waals surface area contributed by atoms with Crippen molar-refractivity contribution >= 4 is 0 Å². The van der Waals surface area contributed by atoms with E-state index in [1.807, 2.05) is 6.92 Å². The quantitative estimate of drug-likeness (QED) is 0.764. The van der Waals surface area contributed by atoms with Crippen molar-refractivity contribution < 1.29 is 0 Å². The van der Waals surface area contributed by atoms with Crippen molar-refractivity contribution in [2.45, 2.75) is 39.8 Å². The molecule has 0 aliphatic carbocycles. The fourth-order valence-electron chi connectivity index (χ4n) is 2.00. The number of H-pyrrole nitrogens is 1. The van der Waals surface area contributed by atoms with E-state index in [-0.39, 0.29) is 11.6 Å². The van der Waals surface area contributed by atoms with Crippen LogP contribution < -0.4 is 10.9 Å². The zero-order valence-corrected chi connectivity index (χ0v) is 9.42. The van der Waals surface area contributed by atoms with Gasteiger partial charge in [0.05, 0.1) is 11.3 Å². The summed E-state index contributed by atoms with van der Waals surface area (Å²) in [6, 6.07) is 0.129. The van der Waals surface area contributed by atoms with Crippen LogP contribution in [0.2, 0.25) is 0 Å². The van der Waals surface area contributed by atoms with E-state index in [0.29, 0.717) is 12.5 Å². The third kappa shape index (κ3) is 1.95. The van der Waals surface area contributed by atoms with Gasteiger partial charge in [-0.2, -0.15) is 0 Å². The van der Waals surface area contributed by atoms with Gasteiger partial charge in [0.1, 0.15) is 5.82 Å². The number of hydrogen-bond acceptors (Lipinski definition) is 3. The summed E-state index contributed by atoms with van der Waals surface area (Å²) in [7, 11) is 0. The van der Waals surface area contributed by atoms with Crippen LogP contribution in [0.3, 0.4) is 0 Å². The van der Waals surface area contributed by atoms with Crippen LogP contribution in [0.4, 0.5) is 0 Å². The lowest BCUT2D eigenvalue weighted by Crippen LogP contribution is -2.20. The van der Waals surface area contributed by atoms with Gasteiger partial charge in [0.2, 0.25) is 0 Å². The van der Waals surface area contributed by atoms with E-state index in [2.05, 4.69) is 29.1 Å². The van der Waals surface area contributed by atoms with Gasteiger partial charge in [0.15, 0.2) is 0 Å². The first-order valence-corrected chi connectivity index (χ1v) is 5.43. The van der Waals surface area contributed by atoms with Gasteiger partial charge in [-0.15, -0.1) is 0 Å². The topological polar surface area (TPSA) is 57.8 Å². The fourth-order valence-corrected chi connectivity index (χ4v) is 2.00. The van der Waals surface area contributed by atoms with Gasteiger partial charge in [0, 0.05) is 19.0 Å². The molecular formula is C11H17N3O. The molecule has 82 valence electrons. The lowest BCUT2D eigenvalue weighted by atomic mass is 10.1. The Balaban J connectivity index is 2.40. The highest BCUT2D eigenvalue weighted by Crippen LogP contribution is 2.19. The minimum absolute atomic E-state index is 0.0214. The van der Waals surface area contributed by atoms with Gasteiger partial charge in [0.25, 0.3) is 5.56 Å². The monoisotopic (exact) mass is 207 g/mol. The van der Waals surface area contributed by atoms with E-state index in [1.54, 1.807) is 0 Å². The summed E-state index contributed by atoms with van der Waals surface area (Å²) in [5.41, 5.74) is 1.75. The molecule has 1 aliphatic rings. The molecule has 1 atom stereocenters. The van der Waals surface area contributed by atoms with Crippen molar-refractivity contribution in [3.63, 3.8) is 0 Å². The molecule has 2 N–H and O–H groups in total. The van der Waals surface area contributed by atoms with Gasteiger partial charge >= 0.3 is 0 Å². The molecule has 0 radical (unpaired) electrons. The Bertz CT molecular complexity index is 422. The summed E-state index contributed by atoms with van der Waals surface area (Å²) in [6.45, 7) is 6.94. The molecule has 0 aromatic carbocycles. The van der Waals surface area contributed by atoms with Crippen LogP contribution in [0.1, 0.15) is 43.9 Å². The molecule has 0 spiro atoms. The van der Waals surface area contributed by atoms with Crippen LogP contribution in [0.15, 0.2) is 4.79 Å². The molecule has 2 heterocycles. The number of aromatic amines is 1. The average molecular weight is 207 g/mol. The molecule has 4 heteroatoms. The van der Waals surface area contributed by atoms with Crippen molar-refractivity contribution in [3.05, 3.63) is 27.4 Å². The Morgan fingerprint density at radius 3 is 2.93 bits per heavy atom. The van der Waals surface area contributed by atoms with Crippen molar-refractivity contribution in [1.29, 1.82) is 0 Å². The van der Waals surface area contributed by atoms with E-state index in [1.165, 1.54) is 0 Å². The van der Waals surface area contributed by atoms with Crippen LogP contribution >= 0.6 is 0 Å². The molecule has 0 bridgehead atoms.